The molecule has 6 aromatic heterocycles. The molecule has 6 heterocycles. The fourth-order valence-corrected chi connectivity index (χ4v) is 17.8. The molecule has 102 heavy (non-hydrogen) atoms. The Hall–Kier alpha value is -13.7. The molecule has 0 atom stereocenters. The van der Waals surface area contributed by atoms with Crippen LogP contribution in [0.2, 0.25) is 0 Å². The first-order chi connectivity index (χ1) is 50.6. The molecule has 2 aliphatic carbocycles. The number of pyridine rings is 2. The van der Waals surface area contributed by atoms with Gasteiger partial charge in [-0.15, -0.1) is 0 Å². The van der Waals surface area contributed by atoms with Crippen molar-refractivity contribution in [3.8, 4) is 112 Å². The number of fused-ring (bicyclic) bond motifs is 18. The summed E-state index contributed by atoms with van der Waals surface area (Å²) >= 11 is 0. The van der Waals surface area contributed by atoms with Crippen LogP contribution in [0.3, 0.4) is 0 Å². The lowest BCUT2D eigenvalue weighted by Gasteiger charge is -2.13. The van der Waals surface area contributed by atoms with Crippen molar-refractivity contribution in [2.24, 2.45) is 0 Å². The maximum atomic E-state index is 5.64. The van der Waals surface area contributed by atoms with Crippen molar-refractivity contribution in [2.45, 2.75) is 0 Å². The van der Waals surface area contributed by atoms with Gasteiger partial charge in [0.05, 0.1) is 66.9 Å². The summed E-state index contributed by atoms with van der Waals surface area (Å²) in [6, 6.07) is 123. The minimum Gasteiger partial charge on any atom is -0.309 e. The smallest absolute Gasteiger partial charge is 0.0794 e. The van der Waals surface area contributed by atoms with E-state index in [1.165, 1.54) is 159 Å². The number of para-hydroxylation sites is 5. The molecule has 6 heteroatoms. The molecule has 0 amide bonds. The molecule has 15 aromatic carbocycles. The third-order valence-corrected chi connectivity index (χ3v) is 22.3. The Morgan fingerprint density at radius 2 is 0.588 bits per heavy atom. The maximum absolute atomic E-state index is 5.64. The monoisotopic (exact) mass is 1290 g/mol. The SMILES string of the molecule is c1ccc(-n2c3ccccc3c3cc(-c4ccc5c(c4)c4cc(-c6ccc7c8c(cccc68)-c6ccc(-c8ccc9c(c8)c8ccc(-c%10ccc%11c(c%10)c%10ccccc%10n%11-c%10ccc%11c%12c(cccc%10%12)-c%10cccnc%10-%11)cc8n9-c8ccccc8)nc6-7)ccc4n5-c4ccccc4)ccc32)cc1. The minimum absolute atomic E-state index is 0.947. The van der Waals surface area contributed by atoms with Gasteiger partial charge < -0.3 is 18.3 Å². The van der Waals surface area contributed by atoms with Crippen LogP contribution < -0.4 is 0 Å². The van der Waals surface area contributed by atoms with Gasteiger partial charge in [-0.25, -0.2) is 4.98 Å². The van der Waals surface area contributed by atoms with Gasteiger partial charge in [-0.2, -0.15) is 0 Å². The van der Waals surface area contributed by atoms with Crippen molar-refractivity contribution in [1.82, 2.24) is 28.2 Å². The Labute approximate surface area is 585 Å². The van der Waals surface area contributed by atoms with Gasteiger partial charge in [0, 0.05) is 105 Å². The summed E-state index contributed by atoms with van der Waals surface area (Å²) in [5.74, 6) is 0. The van der Waals surface area contributed by atoms with Crippen LogP contribution in [-0.4, -0.2) is 28.2 Å². The first-order valence-electron chi connectivity index (χ1n) is 35.1. The minimum atomic E-state index is 0.947. The standard InChI is InChI=1S/C96H56N6/c1-4-17-63(18-5-1)99-84-30-12-10-23-67(84)78-51-57(33-44-87(78)99)58-34-45-89-81(53-58)82-54-61(36-47-90(82)100(89)64-19-6-2-7-20-64)66-39-40-77-93-70(66)25-14-26-72(93)74-41-43-83(98-96(74)77)62-37-48-88-80(55-62)69-38-32-60(56-92(69)101(88)65-21-8-3-9-22-65)59-35-46-91-79(52-59)68-24-11-13-31-85(68)102(91)86-49-42-76-94-71(27-15-28-75(86)94)73-29-16-50-97-95(73)76/h1-56H. The van der Waals surface area contributed by atoms with E-state index in [0.717, 1.165) is 61.9 Å². The second-order valence-corrected chi connectivity index (χ2v) is 27.5. The second kappa shape index (κ2) is 20.9. The largest absolute Gasteiger partial charge is 0.309 e. The lowest BCUT2D eigenvalue weighted by atomic mass is 9.93. The summed E-state index contributed by atoms with van der Waals surface area (Å²) in [7, 11) is 0. The zero-order valence-electron chi connectivity index (χ0n) is 55.0. The van der Waals surface area contributed by atoms with E-state index in [2.05, 4.69) is 346 Å². The first-order valence-corrected chi connectivity index (χ1v) is 35.1. The normalized spacial score (nSPS) is 12.3. The Morgan fingerprint density at radius 1 is 0.196 bits per heavy atom. The number of aromatic nitrogens is 6. The molecular formula is C96H56N6. The molecule has 21 aromatic rings. The average Bonchev–Trinajstić information content (AvgIpc) is 1.59. The fourth-order valence-electron chi connectivity index (χ4n) is 17.8. The molecule has 0 saturated heterocycles. The number of hydrogen-bond donors (Lipinski definition) is 0. The van der Waals surface area contributed by atoms with Gasteiger partial charge in [0.1, 0.15) is 0 Å². The molecule has 0 bridgehead atoms. The van der Waals surface area contributed by atoms with E-state index in [4.69, 9.17) is 9.97 Å². The molecule has 23 rings (SSSR count). The zero-order valence-corrected chi connectivity index (χ0v) is 55.0. The molecule has 0 unspecified atom stereocenters. The Morgan fingerprint density at radius 3 is 1.21 bits per heavy atom. The van der Waals surface area contributed by atoms with Crippen LogP contribution in [0.25, 0.3) is 221 Å². The van der Waals surface area contributed by atoms with E-state index in [0.29, 0.717) is 0 Å². The van der Waals surface area contributed by atoms with Crippen molar-refractivity contribution < 1.29 is 0 Å². The van der Waals surface area contributed by atoms with Crippen LogP contribution in [0.4, 0.5) is 0 Å². The average molecular weight is 1290 g/mol. The van der Waals surface area contributed by atoms with E-state index < -0.39 is 0 Å². The van der Waals surface area contributed by atoms with E-state index in [-0.39, 0.29) is 0 Å². The summed E-state index contributed by atoms with van der Waals surface area (Å²) in [5.41, 5.74) is 32.4. The highest BCUT2D eigenvalue weighted by Crippen LogP contribution is 2.52. The van der Waals surface area contributed by atoms with Crippen molar-refractivity contribution in [3.63, 3.8) is 0 Å². The highest BCUT2D eigenvalue weighted by molar-refractivity contribution is 6.22. The van der Waals surface area contributed by atoms with Crippen LogP contribution in [0.15, 0.2) is 340 Å². The number of nitrogens with zero attached hydrogens (tertiary/aromatic N) is 6. The maximum Gasteiger partial charge on any atom is 0.0794 e. The molecule has 0 radical (unpaired) electrons. The topological polar surface area (TPSA) is 45.5 Å². The van der Waals surface area contributed by atoms with Crippen molar-refractivity contribution in [3.05, 3.63) is 340 Å². The zero-order chi connectivity index (χ0) is 66.4. The lowest BCUT2D eigenvalue weighted by molar-refractivity contribution is 1.18. The van der Waals surface area contributed by atoms with E-state index in [1.807, 2.05) is 12.3 Å². The van der Waals surface area contributed by atoms with E-state index in [9.17, 15) is 0 Å². The highest BCUT2D eigenvalue weighted by atomic mass is 15.0. The fraction of sp³-hybridized carbons (Fsp3) is 0. The van der Waals surface area contributed by atoms with Gasteiger partial charge in [-0.05, 0) is 195 Å². The third kappa shape index (κ3) is 7.77. The Balaban J connectivity index is 0.615. The van der Waals surface area contributed by atoms with Gasteiger partial charge >= 0.3 is 0 Å². The number of benzene rings is 15. The predicted octanol–water partition coefficient (Wildman–Crippen LogP) is 25.1. The first kappa shape index (κ1) is 55.3. The van der Waals surface area contributed by atoms with Gasteiger partial charge in [-0.1, -0.05) is 194 Å². The summed E-state index contributed by atoms with van der Waals surface area (Å²) in [6.45, 7) is 0. The summed E-state index contributed by atoms with van der Waals surface area (Å²) in [6.07, 6.45) is 1.90. The molecular weight excluding hydrogens is 1240 g/mol. The van der Waals surface area contributed by atoms with Crippen LogP contribution in [-0.2, 0) is 0 Å². The molecule has 0 N–H and O–H groups in total. The third-order valence-electron chi connectivity index (χ3n) is 22.3. The molecule has 0 fully saturated rings. The molecule has 6 nitrogen and oxygen atoms in total. The summed E-state index contributed by atoms with van der Waals surface area (Å²) < 4.78 is 9.71. The molecule has 0 spiro atoms. The molecule has 0 aliphatic heterocycles. The second-order valence-electron chi connectivity index (χ2n) is 27.5. The van der Waals surface area contributed by atoms with Crippen LogP contribution >= 0.6 is 0 Å². The Kier molecular flexibility index (Phi) is 11.4. The summed E-state index contributed by atoms with van der Waals surface area (Å²) in [4.78, 5) is 10.5. The van der Waals surface area contributed by atoms with Crippen LogP contribution in [0.5, 0.6) is 0 Å². The number of rotatable bonds is 8. The van der Waals surface area contributed by atoms with Gasteiger partial charge in [0.25, 0.3) is 0 Å². The van der Waals surface area contributed by atoms with E-state index >= 15 is 0 Å². The summed E-state index contributed by atoms with van der Waals surface area (Å²) in [5, 5.41) is 14.7. The van der Waals surface area contributed by atoms with Crippen LogP contribution in [0, 0.1) is 0 Å². The quantitative estimate of drug-likeness (QED) is 0.152. The molecule has 2 aliphatic rings. The molecule has 470 valence electrons. The van der Waals surface area contributed by atoms with Crippen LogP contribution in [0.1, 0.15) is 0 Å². The van der Waals surface area contributed by atoms with Gasteiger partial charge in [-0.3, -0.25) is 4.98 Å². The highest BCUT2D eigenvalue weighted by Gasteiger charge is 2.29. The van der Waals surface area contributed by atoms with Crippen molar-refractivity contribution in [2.75, 3.05) is 0 Å². The van der Waals surface area contributed by atoms with Crippen molar-refractivity contribution in [1.29, 1.82) is 0 Å². The Bertz CT molecular complexity index is 7200. The molecule has 0 saturated carbocycles. The van der Waals surface area contributed by atoms with Crippen molar-refractivity contribution >= 4 is 109 Å². The predicted molar refractivity (Wildman–Crippen MR) is 425 cm³/mol. The van der Waals surface area contributed by atoms with Gasteiger partial charge in [0.15, 0.2) is 0 Å². The van der Waals surface area contributed by atoms with E-state index in [1.54, 1.807) is 0 Å². The van der Waals surface area contributed by atoms with Gasteiger partial charge in [0.2, 0.25) is 0 Å². The number of hydrogen-bond acceptors (Lipinski definition) is 2. The lowest BCUT2D eigenvalue weighted by Crippen LogP contribution is -1.96.